The smallest absolute Gasteiger partial charge is 0.112 e. The first-order valence-corrected chi connectivity index (χ1v) is 4.54. The van der Waals surface area contributed by atoms with Gasteiger partial charge in [-0.3, -0.25) is 4.99 Å². The minimum atomic E-state index is 0.785. The lowest BCUT2D eigenvalue weighted by Gasteiger charge is -1.85. The monoisotopic (exact) mass is 170 g/mol. The lowest BCUT2D eigenvalue weighted by Crippen LogP contribution is -1.76. The van der Waals surface area contributed by atoms with Crippen LogP contribution in [-0.4, -0.2) is 6.21 Å². The lowest BCUT2D eigenvalue weighted by atomic mass is 10.5. The van der Waals surface area contributed by atoms with Crippen LogP contribution in [0.15, 0.2) is 16.4 Å². The predicted molar refractivity (Wildman–Crippen MR) is 53.9 cm³/mol. The van der Waals surface area contributed by atoms with Gasteiger partial charge in [0, 0.05) is 6.21 Å². The van der Waals surface area contributed by atoms with Crippen molar-refractivity contribution >= 4 is 28.2 Å². The van der Waals surface area contributed by atoms with Crippen molar-refractivity contribution < 1.29 is 0 Å². The molecule has 1 aromatic rings. The van der Waals surface area contributed by atoms with E-state index >= 15 is 0 Å². The molecular formula is C8H14N2S. The van der Waals surface area contributed by atoms with Crippen molar-refractivity contribution in [1.82, 2.24) is 0 Å². The highest BCUT2D eigenvalue weighted by atomic mass is 32.1. The van der Waals surface area contributed by atoms with Crippen LogP contribution in [0.2, 0.25) is 0 Å². The Morgan fingerprint density at radius 3 is 2.55 bits per heavy atom. The second kappa shape index (κ2) is 5.92. The Kier molecular flexibility index (Phi) is 5.47. The first-order valence-electron chi connectivity index (χ1n) is 3.66. The van der Waals surface area contributed by atoms with Gasteiger partial charge in [-0.1, -0.05) is 13.8 Å². The van der Waals surface area contributed by atoms with Gasteiger partial charge in [0.1, 0.15) is 5.00 Å². The summed E-state index contributed by atoms with van der Waals surface area (Å²) in [6.45, 7) is 5.87. The fraction of sp³-hybridized carbons (Fsp3) is 0.375. The largest absolute Gasteiger partial charge is 0.389 e. The number of hydrogen-bond donors (Lipinski definition) is 1. The maximum atomic E-state index is 5.53. The molecule has 0 aromatic carbocycles. The summed E-state index contributed by atoms with van der Waals surface area (Å²) in [5.41, 5.74) is 6.41. The zero-order valence-electron chi connectivity index (χ0n) is 7.16. The van der Waals surface area contributed by atoms with Crippen molar-refractivity contribution in [1.29, 1.82) is 0 Å². The molecule has 0 unspecified atom stereocenters. The van der Waals surface area contributed by atoms with E-state index in [4.69, 9.17) is 5.73 Å². The Morgan fingerprint density at radius 2 is 2.18 bits per heavy atom. The highest BCUT2D eigenvalue weighted by molar-refractivity contribution is 7.14. The van der Waals surface area contributed by atoms with Crippen LogP contribution in [0.4, 0.5) is 10.7 Å². The molecule has 1 rings (SSSR count). The first kappa shape index (κ1) is 10.2. The van der Waals surface area contributed by atoms with Crippen molar-refractivity contribution in [2.24, 2.45) is 4.99 Å². The van der Waals surface area contributed by atoms with Crippen LogP contribution >= 0.6 is 11.3 Å². The van der Waals surface area contributed by atoms with E-state index in [1.165, 1.54) is 11.3 Å². The van der Waals surface area contributed by atoms with Gasteiger partial charge in [0.25, 0.3) is 0 Å². The van der Waals surface area contributed by atoms with Crippen LogP contribution in [0.1, 0.15) is 20.8 Å². The maximum absolute atomic E-state index is 5.53. The number of hydrogen-bond acceptors (Lipinski definition) is 3. The van der Waals surface area contributed by atoms with Crippen molar-refractivity contribution in [3.8, 4) is 0 Å². The minimum Gasteiger partial charge on any atom is -0.389 e. The average molecular weight is 170 g/mol. The molecule has 62 valence electrons. The summed E-state index contributed by atoms with van der Waals surface area (Å²) >= 11 is 1.51. The van der Waals surface area contributed by atoms with Gasteiger partial charge in [-0.2, -0.15) is 0 Å². The van der Waals surface area contributed by atoms with E-state index in [0.29, 0.717) is 0 Å². The second-order valence-corrected chi connectivity index (χ2v) is 2.51. The molecule has 0 fully saturated rings. The van der Waals surface area contributed by atoms with E-state index in [9.17, 15) is 0 Å². The van der Waals surface area contributed by atoms with Crippen molar-refractivity contribution in [3.05, 3.63) is 11.4 Å². The first-order chi connectivity index (χ1) is 5.34. The Morgan fingerprint density at radius 1 is 1.55 bits per heavy atom. The summed E-state index contributed by atoms with van der Waals surface area (Å²) in [5.74, 6) is 0. The van der Waals surface area contributed by atoms with Gasteiger partial charge in [0.2, 0.25) is 0 Å². The average Bonchev–Trinajstić information content (AvgIpc) is 2.42. The molecule has 3 heteroatoms. The van der Waals surface area contributed by atoms with Crippen LogP contribution in [0.25, 0.3) is 0 Å². The summed E-state index contributed by atoms with van der Waals surface area (Å²) in [6.07, 6.45) is 1.73. The SMILES string of the molecule is CC.CC=Nc1ccsc1N. The molecule has 0 atom stereocenters. The topological polar surface area (TPSA) is 38.4 Å². The number of nitrogens with zero attached hydrogens (tertiary/aromatic N) is 1. The number of nitrogen functional groups attached to an aromatic ring is 1. The Balaban J connectivity index is 0.000000461. The zero-order chi connectivity index (χ0) is 8.69. The molecule has 0 aliphatic carbocycles. The Labute approximate surface area is 71.8 Å². The van der Waals surface area contributed by atoms with Crippen LogP contribution in [0, 0.1) is 0 Å². The molecule has 0 aliphatic heterocycles. The molecule has 11 heavy (non-hydrogen) atoms. The third-order valence-electron chi connectivity index (χ3n) is 0.942. The van der Waals surface area contributed by atoms with Crippen molar-refractivity contribution in [3.63, 3.8) is 0 Å². The fourth-order valence-corrected chi connectivity index (χ4v) is 1.15. The molecule has 1 heterocycles. The number of rotatable bonds is 1. The van der Waals surface area contributed by atoms with Gasteiger partial charge in [-0.05, 0) is 18.4 Å². The van der Waals surface area contributed by atoms with E-state index < -0.39 is 0 Å². The molecule has 2 nitrogen and oxygen atoms in total. The zero-order valence-corrected chi connectivity index (χ0v) is 7.98. The maximum Gasteiger partial charge on any atom is 0.112 e. The van der Waals surface area contributed by atoms with E-state index in [0.717, 1.165) is 10.7 Å². The molecule has 0 bridgehead atoms. The molecule has 0 saturated carbocycles. The fourth-order valence-electron chi connectivity index (χ4n) is 0.560. The van der Waals surface area contributed by atoms with Crippen LogP contribution in [0.3, 0.4) is 0 Å². The van der Waals surface area contributed by atoms with Gasteiger partial charge in [0.05, 0.1) is 5.69 Å². The van der Waals surface area contributed by atoms with E-state index in [1.807, 2.05) is 32.2 Å². The van der Waals surface area contributed by atoms with Gasteiger partial charge in [-0.25, -0.2) is 0 Å². The molecule has 1 aromatic heterocycles. The Hall–Kier alpha value is -0.830. The van der Waals surface area contributed by atoms with E-state index in [1.54, 1.807) is 6.21 Å². The molecular weight excluding hydrogens is 156 g/mol. The summed E-state index contributed by atoms with van der Waals surface area (Å²) in [5, 5.41) is 2.71. The summed E-state index contributed by atoms with van der Waals surface area (Å²) < 4.78 is 0. The van der Waals surface area contributed by atoms with Crippen LogP contribution in [0.5, 0.6) is 0 Å². The van der Waals surface area contributed by atoms with Crippen molar-refractivity contribution in [2.45, 2.75) is 20.8 Å². The molecule has 0 spiro atoms. The third-order valence-corrected chi connectivity index (χ3v) is 1.68. The van der Waals surface area contributed by atoms with Crippen LogP contribution < -0.4 is 5.73 Å². The number of aliphatic imine (C=N–C) groups is 1. The van der Waals surface area contributed by atoms with Gasteiger partial charge in [0.15, 0.2) is 0 Å². The van der Waals surface area contributed by atoms with Crippen LogP contribution in [-0.2, 0) is 0 Å². The summed E-state index contributed by atoms with van der Waals surface area (Å²) in [6, 6.07) is 1.90. The molecule has 2 N–H and O–H groups in total. The number of nitrogens with two attached hydrogens (primary N) is 1. The van der Waals surface area contributed by atoms with Gasteiger partial charge >= 0.3 is 0 Å². The standard InChI is InChI=1S/C6H8N2S.C2H6/c1-2-8-5-3-4-9-6(5)7;1-2/h2-4H,7H2,1H3;1-2H3. The normalized spacial score (nSPS) is 9.36. The number of thiophene rings is 1. The van der Waals surface area contributed by atoms with Crippen molar-refractivity contribution in [2.75, 3.05) is 5.73 Å². The second-order valence-electron chi connectivity index (χ2n) is 1.56. The summed E-state index contributed by atoms with van der Waals surface area (Å²) in [7, 11) is 0. The third kappa shape index (κ3) is 3.18. The minimum absolute atomic E-state index is 0.785. The Bertz CT molecular complexity index is 216. The quantitative estimate of drug-likeness (QED) is 0.646. The molecule has 0 aliphatic rings. The van der Waals surface area contributed by atoms with E-state index in [2.05, 4.69) is 4.99 Å². The molecule has 0 saturated heterocycles. The highest BCUT2D eigenvalue weighted by Gasteiger charge is 1.93. The lowest BCUT2D eigenvalue weighted by molar-refractivity contribution is 1.50. The van der Waals surface area contributed by atoms with Gasteiger partial charge < -0.3 is 5.73 Å². The van der Waals surface area contributed by atoms with E-state index in [-0.39, 0.29) is 0 Å². The summed E-state index contributed by atoms with van der Waals surface area (Å²) in [4.78, 5) is 4.03. The van der Waals surface area contributed by atoms with Gasteiger partial charge in [-0.15, -0.1) is 11.3 Å². The number of anilines is 1. The highest BCUT2D eigenvalue weighted by Crippen LogP contribution is 2.26. The molecule has 0 radical (unpaired) electrons. The molecule has 0 amide bonds. The predicted octanol–water partition coefficient (Wildman–Crippen LogP) is 3.08.